The second kappa shape index (κ2) is 9.03. The van der Waals surface area contributed by atoms with E-state index in [2.05, 4.69) is 15.6 Å². The van der Waals surface area contributed by atoms with Crippen molar-refractivity contribution >= 4 is 28.1 Å². The first-order chi connectivity index (χ1) is 12.7. The van der Waals surface area contributed by atoms with Crippen LogP contribution in [-0.4, -0.2) is 22.5 Å². The van der Waals surface area contributed by atoms with Gasteiger partial charge in [0.25, 0.3) is 0 Å². The van der Waals surface area contributed by atoms with Gasteiger partial charge in [-0.25, -0.2) is 0 Å². The van der Waals surface area contributed by atoms with Crippen molar-refractivity contribution < 1.29 is 9.90 Å². The van der Waals surface area contributed by atoms with Gasteiger partial charge in [-0.3, -0.25) is 4.79 Å². The topological polar surface area (TPSA) is 74.2 Å². The Labute approximate surface area is 158 Å². The van der Waals surface area contributed by atoms with Gasteiger partial charge in [-0.05, 0) is 37.3 Å². The largest absolute Gasteiger partial charge is 0.492 e. The summed E-state index contributed by atoms with van der Waals surface area (Å²) in [6, 6.07) is 9.39. The van der Waals surface area contributed by atoms with Crippen LogP contribution in [0.4, 0.5) is 10.8 Å². The van der Waals surface area contributed by atoms with Gasteiger partial charge in [0.05, 0.1) is 10.8 Å². The molecular formula is C20H27N3O2S. The van der Waals surface area contributed by atoms with E-state index in [0.29, 0.717) is 22.3 Å². The standard InChI is InChI=1S/C20H27N3O2S/c1-2-16(18(24)22-15-11-7-4-8-12-15)17-19(25)23-20(26-17)21-13-14-9-5-3-6-10-14/h4,7-8,11-12,14,16,25H,2-3,5-6,9-10,13H2,1H3,(H,21,23)(H,22,24). The van der Waals surface area contributed by atoms with Gasteiger partial charge in [0, 0.05) is 12.2 Å². The molecule has 1 amide bonds. The quantitative estimate of drug-likeness (QED) is 0.640. The van der Waals surface area contributed by atoms with Crippen LogP contribution in [0.2, 0.25) is 0 Å². The number of anilines is 2. The number of carbonyl (C=O) groups is 1. The third-order valence-electron chi connectivity index (χ3n) is 4.98. The van der Waals surface area contributed by atoms with E-state index < -0.39 is 5.92 Å². The number of aromatic hydroxyl groups is 1. The Morgan fingerprint density at radius 3 is 2.69 bits per heavy atom. The number of nitrogens with zero attached hydrogens (tertiary/aromatic N) is 1. The molecule has 0 aliphatic heterocycles. The smallest absolute Gasteiger partial charge is 0.232 e. The highest BCUT2D eigenvalue weighted by molar-refractivity contribution is 7.16. The molecule has 1 aromatic carbocycles. The van der Waals surface area contributed by atoms with E-state index in [-0.39, 0.29) is 11.8 Å². The number of nitrogens with one attached hydrogen (secondary N) is 2. The van der Waals surface area contributed by atoms with E-state index in [9.17, 15) is 9.90 Å². The number of thiazole rings is 1. The molecule has 3 N–H and O–H groups in total. The van der Waals surface area contributed by atoms with Crippen LogP contribution in [0.1, 0.15) is 56.2 Å². The highest BCUT2D eigenvalue weighted by Gasteiger charge is 2.26. The van der Waals surface area contributed by atoms with E-state index in [1.165, 1.54) is 43.4 Å². The van der Waals surface area contributed by atoms with Crippen LogP contribution in [0.5, 0.6) is 5.88 Å². The number of rotatable bonds is 7. The lowest BCUT2D eigenvalue weighted by molar-refractivity contribution is -0.117. The third kappa shape index (κ3) is 4.75. The lowest BCUT2D eigenvalue weighted by Crippen LogP contribution is -2.20. The number of hydrogen-bond donors (Lipinski definition) is 3. The maximum atomic E-state index is 12.6. The zero-order valence-electron chi connectivity index (χ0n) is 15.2. The molecule has 1 aliphatic carbocycles. The minimum absolute atomic E-state index is 0.0313. The van der Waals surface area contributed by atoms with Crippen molar-refractivity contribution in [3.05, 3.63) is 35.2 Å². The Morgan fingerprint density at radius 2 is 2.00 bits per heavy atom. The first-order valence-electron chi connectivity index (χ1n) is 9.46. The molecule has 0 radical (unpaired) electrons. The van der Waals surface area contributed by atoms with Crippen LogP contribution >= 0.6 is 11.3 Å². The summed E-state index contributed by atoms with van der Waals surface area (Å²) in [6.07, 6.45) is 7.07. The number of carbonyl (C=O) groups excluding carboxylic acids is 1. The van der Waals surface area contributed by atoms with Gasteiger partial charge in [0.2, 0.25) is 11.8 Å². The van der Waals surface area contributed by atoms with E-state index in [4.69, 9.17) is 0 Å². The van der Waals surface area contributed by atoms with Gasteiger partial charge >= 0.3 is 0 Å². The van der Waals surface area contributed by atoms with Crippen molar-refractivity contribution in [1.29, 1.82) is 0 Å². The molecule has 1 heterocycles. The van der Waals surface area contributed by atoms with Gasteiger partial charge in [-0.2, -0.15) is 4.98 Å². The van der Waals surface area contributed by atoms with Crippen molar-refractivity contribution in [3.8, 4) is 5.88 Å². The average molecular weight is 374 g/mol. The van der Waals surface area contributed by atoms with Crippen LogP contribution in [0, 0.1) is 5.92 Å². The first-order valence-corrected chi connectivity index (χ1v) is 10.3. The van der Waals surface area contributed by atoms with Gasteiger partial charge in [0.1, 0.15) is 0 Å². The summed E-state index contributed by atoms with van der Waals surface area (Å²) in [7, 11) is 0. The highest BCUT2D eigenvalue weighted by Crippen LogP contribution is 2.37. The Balaban J connectivity index is 1.64. The number of para-hydroxylation sites is 1. The Bertz CT molecular complexity index is 711. The van der Waals surface area contributed by atoms with Gasteiger partial charge < -0.3 is 15.7 Å². The molecular weight excluding hydrogens is 346 g/mol. The predicted molar refractivity (Wildman–Crippen MR) is 107 cm³/mol. The Hall–Kier alpha value is -2.08. The molecule has 0 bridgehead atoms. The highest BCUT2D eigenvalue weighted by atomic mass is 32.1. The summed E-state index contributed by atoms with van der Waals surface area (Å²) in [4.78, 5) is 17.5. The van der Waals surface area contributed by atoms with Gasteiger partial charge in [0.15, 0.2) is 5.13 Å². The van der Waals surface area contributed by atoms with Crippen LogP contribution in [0.15, 0.2) is 30.3 Å². The molecule has 1 fully saturated rings. The second-order valence-corrected chi connectivity index (χ2v) is 7.94. The molecule has 140 valence electrons. The zero-order valence-corrected chi connectivity index (χ0v) is 16.0. The predicted octanol–water partition coefficient (Wildman–Crippen LogP) is 4.97. The van der Waals surface area contributed by atoms with Gasteiger partial charge in [-0.1, -0.05) is 55.7 Å². The van der Waals surface area contributed by atoms with Gasteiger partial charge in [-0.15, -0.1) is 0 Å². The Morgan fingerprint density at radius 1 is 1.27 bits per heavy atom. The SMILES string of the molecule is CCC(C(=O)Nc1ccccc1)c1sc(NCC2CCCCC2)nc1O. The summed E-state index contributed by atoms with van der Waals surface area (Å²) in [5, 5.41) is 17.2. The van der Waals surface area contributed by atoms with E-state index in [1.807, 2.05) is 37.3 Å². The minimum Gasteiger partial charge on any atom is -0.492 e. The summed E-state index contributed by atoms with van der Waals surface area (Å²) in [6.45, 7) is 2.84. The second-order valence-electron chi connectivity index (χ2n) is 6.91. The molecule has 1 saturated carbocycles. The summed E-state index contributed by atoms with van der Waals surface area (Å²) < 4.78 is 0. The molecule has 0 saturated heterocycles. The van der Waals surface area contributed by atoms with Crippen molar-refractivity contribution in [2.75, 3.05) is 17.2 Å². The first kappa shape index (κ1) is 18.7. The zero-order chi connectivity index (χ0) is 18.4. The maximum Gasteiger partial charge on any atom is 0.232 e. The number of aromatic nitrogens is 1. The molecule has 2 aromatic rings. The van der Waals surface area contributed by atoms with Crippen LogP contribution in [0.25, 0.3) is 0 Å². The molecule has 6 heteroatoms. The van der Waals surface area contributed by atoms with Crippen molar-refractivity contribution in [2.24, 2.45) is 5.92 Å². The average Bonchev–Trinajstić information content (AvgIpc) is 3.03. The molecule has 1 atom stereocenters. The van der Waals surface area contributed by atoms with Crippen LogP contribution in [0.3, 0.4) is 0 Å². The minimum atomic E-state index is -0.405. The molecule has 26 heavy (non-hydrogen) atoms. The third-order valence-corrected chi connectivity index (χ3v) is 6.10. The molecule has 5 nitrogen and oxygen atoms in total. The lowest BCUT2D eigenvalue weighted by atomic mass is 9.89. The molecule has 3 rings (SSSR count). The molecule has 1 aromatic heterocycles. The van der Waals surface area contributed by atoms with E-state index >= 15 is 0 Å². The Kier molecular flexibility index (Phi) is 6.50. The maximum absolute atomic E-state index is 12.6. The van der Waals surface area contributed by atoms with Crippen molar-refractivity contribution in [3.63, 3.8) is 0 Å². The van der Waals surface area contributed by atoms with Crippen molar-refractivity contribution in [1.82, 2.24) is 4.98 Å². The van der Waals surface area contributed by atoms with Crippen molar-refractivity contribution in [2.45, 2.75) is 51.4 Å². The van der Waals surface area contributed by atoms with Crippen LogP contribution in [-0.2, 0) is 4.79 Å². The summed E-state index contributed by atoms with van der Waals surface area (Å²) in [5.41, 5.74) is 0.760. The summed E-state index contributed by atoms with van der Waals surface area (Å²) >= 11 is 1.39. The van der Waals surface area contributed by atoms with E-state index in [1.54, 1.807) is 0 Å². The normalized spacial score (nSPS) is 16.2. The number of amides is 1. The lowest BCUT2D eigenvalue weighted by Gasteiger charge is -2.21. The van der Waals surface area contributed by atoms with Crippen LogP contribution < -0.4 is 10.6 Å². The number of benzene rings is 1. The fourth-order valence-corrected chi connectivity index (χ4v) is 4.54. The monoisotopic (exact) mass is 373 g/mol. The molecule has 0 spiro atoms. The number of hydrogen-bond acceptors (Lipinski definition) is 5. The summed E-state index contributed by atoms with van der Waals surface area (Å²) in [5.74, 6) is 0.132. The molecule has 1 unspecified atom stereocenters. The fourth-order valence-electron chi connectivity index (χ4n) is 3.49. The van der Waals surface area contributed by atoms with E-state index in [0.717, 1.165) is 12.2 Å². The molecule has 1 aliphatic rings. The fraction of sp³-hybridized carbons (Fsp3) is 0.500.